The summed E-state index contributed by atoms with van der Waals surface area (Å²) in [7, 11) is 3.22. The SMILES string of the molecule is CCn1c(=O)/c(=C2\Sc3cc(F)ccc3N2C)s/c1=C\c1scc[n+]1Cc1occc1C(=O)OC. The summed E-state index contributed by atoms with van der Waals surface area (Å²) in [5, 5.41) is 3.63. The van der Waals surface area contributed by atoms with Gasteiger partial charge in [-0.2, -0.15) is 4.57 Å². The molecule has 0 N–H and O–H groups in total. The molecule has 180 valence electrons. The van der Waals surface area contributed by atoms with Crippen LogP contribution in [-0.2, 0) is 17.8 Å². The third-order valence-corrected chi connectivity index (χ3v) is 8.96. The Balaban J connectivity index is 1.58. The Hall–Kier alpha value is -3.15. The summed E-state index contributed by atoms with van der Waals surface area (Å²) in [6.45, 7) is 2.79. The second kappa shape index (κ2) is 9.48. The number of halogens is 1. The number of methoxy groups -OCH3 is 1. The molecular weight excluding hydrogens is 509 g/mol. The van der Waals surface area contributed by atoms with Crippen LogP contribution in [0.3, 0.4) is 0 Å². The van der Waals surface area contributed by atoms with Gasteiger partial charge in [-0.3, -0.25) is 9.36 Å². The summed E-state index contributed by atoms with van der Waals surface area (Å²) in [6, 6.07) is 6.25. The molecule has 35 heavy (non-hydrogen) atoms. The minimum Gasteiger partial charge on any atom is -0.465 e. The van der Waals surface area contributed by atoms with E-state index in [1.165, 1.54) is 59.9 Å². The lowest BCUT2D eigenvalue weighted by atomic mass is 10.2. The Labute approximate surface area is 212 Å². The van der Waals surface area contributed by atoms with Crippen LogP contribution in [0.4, 0.5) is 10.1 Å². The fourth-order valence-electron chi connectivity index (χ4n) is 3.87. The van der Waals surface area contributed by atoms with Gasteiger partial charge >= 0.3 is 5.97 Å². The van der Waals surface area contributed by atoms with Gasteiger partial charge < -0.3 is 14.1 Å². The lowest BCUT2D eigenvalue weighted by Crippen LogP contribution is -2.36. The molecule has 0 spiro atoms. The van der Waals surface area contributed by atoms with Crippen LogP contribution in [0.25, 0.3) is 11.1 Å². The Bertz CT molecular complexity index is 1620. The maximum absolute atomic E-state index is 13.8. The van der Waals surface area contributed by atoms with Crippen molar-refractivity contribution in [3.8, 4) is 0 Å². The molecule has 0 fully saturated rings. The molecule has 0 saturated carbocycles. The van der Waals surface area contributed by atoms with Crippen molar-refractivity contribution in [2.45, 2.75) is 24.9 Å². The number of carbonyl (C=O) groups excluding carboxylic acids is 1. The lowest BCUT2D eigenvalue weighted by Gasteiger charge is -2.12. The van der Waals surface area contributed by atoms with Crippen molar-refractivity contribution in [2.75, 3.05) is 19.1 Å². The number of rotatable bonds is 5. The molecule has 3 aromatic heterocycles. The van der Waals surface area contributed by atoms with Crippen LogP contribution in [0.1, 0.15) is 28.0 Å². The van der Waals surface area contributed by atoms with E-state index in [0.717, 1.165) is 25.3 Å². The first-order valence-corrected chi connectivity index (χ1v) is 13.2. The zero-order valence-electron chi connectivity index (χ0n) is 19.1. The molecule has 0 amide bonds. The molecule has 11 heteroatoms. The molecule has 4 aromatic rings. The molecule has 0 aliphatic carbocycles. The molecule has 4 heterocycles. The monoisotopic (exact) mass is 530 g/mol. The van der Waals surface area contributed by atoms with Crippen LogP contribution in [0, 0.1) is 5.82 Å². The van der Waals surface area contributed by atoms with Crippen molar-refractivity contribution in [1.29, 1.82) is 0 Å². The van der Waals surface area contributed by atoms with E-state index in [1.54, 1.807) is 16.7 Å². The van der Waals surface area contributed by atoms with E-state index in [9.17, 15) is 14.0 Å². The number of fused-ring (bicyclic) bond motifs is 1. The molecule has 1 aromatic carbocycles. The average Bonchev–Trinajstić information content (AvgIpc) is 3.61. The molecule has 0 radical (unpaired) electrons. The topological polar surface area (TPSA) is 68.6 Å². The quantitative estimate of drug-likeness (QED) is 0.292. The van der Waals surface area contributed by atoms with E-state index in [1.807, 2.05) is 41.1 Å². The van der Waals surface area contributed by atoms with Gasteiger partial charge in [0.05, 0.1) is 30.5 Å². The third-order valence-electron chi connectivity index (χ3n) is 5.64. The number of thioether (sulfide) groups is 1. The highest BCUT2D eigenvalue weighted by Crippen LogP contribution is 2.45. The Kier molecular flexibility index (Phi) is 6.39. The molecule has 0 saturated heterocycles. The Morgan fingerprint density at radius 2 is 2.14 bits per heavy atom. The van der Waals surface area contributed by atoms with Gasteiger partial charge in [-0.05, 0) is 31.2 Å². The van der Waals surface area contributed by atoms with Gasteiger partial charge in [0.1, 0.15) is 25.6 Å². The molecule has 7 nitrogen and oxygen atoms in total. The van der Waals surface area contributed by atoms with E-state index in [-0.39, 0.29) is 11.4 Å². The van der Waals surface area contributed by atoms with Crippen molar-refractivity contribution in [3.05, 3.63) is 83.8 Å². The van der Waals surface area contributed by atoms with E-state index in [4.69, 9.17) is 9.15 Å². The van der Waals surface area contributed by atoms with Gasteiger partial charge in [-0.25, -0.2) is 9.18 Å². The number of carbonyl (C=O) groups is 1. The van der Waals surface area contributed by atoms with Crippen LogP contribution < -0.4 is 24.2 Å². The predicted octanol–water partition coefficient (Wildman–Crippen LogP) is 2.98. The lowest BCUT2D eigenvalue weighted by molar-refractivity contribution is -0.686. The van der Waals surface area contributed by atoms with Gasteiger partial charge in [0.25, 0.3) is 10.6 Å². The van der Waals surface area contributed by atoms with E-state index in [2.05, 4.69) is 0 Å². The number of benzene rings is 1. The molecule has 0 bridgehead atoms. The highest BCUT2D eigenvalue weighted by molar-refractivity contribution is 8.08. The second-order valence-electron chi connectivity index (χ2n) is 7.66. The van der Waals surface area contributed by atoms with Crippen molar-refractivity contribution in [2.24, 2.45) is 0 Å². The van der Waals surface area contributed by atoms with Crippen LogP contribution in [0.2, 0.25) is 0 Å². The summed E-state index contributed by atoms with van der Waals surface area (Å²) >= 11 is 4.34. The van der Waals surface area contributed by atoms with Gasteiger partial charge in [0.2, 0.25) is 6.54 Å². The number of ether oxygens (including phenoxy) is 1. The van der Waals surface area contributed by atoms with E-state index >= 15 is 0 Å². The number of hydrogen-bond donors (Lipinski definition) is 0. The van der Waals surface area contributed by atoms with Crippen molar-refractivity contribution in [1.82, 2.24) is 4.57 Å². The predicted molar refractivity (Wildman–Crippen MR) is 135 cm³/mol. The number of furan rings is 1. The van der Waals surface area contributed by atoms with Gasteiger partial charge in [-0.15, -0.1) is 11.3 Å². The van der Waals surface area contributed by atoms with Crippen molar-refractivity contribution < 1.29 is 22.9 Å². The van der Waals surface area contributed by atoms with Crippen LogP contribution in [0.15, 0.2) is 56.2 Å². The highest BCUT2D eigenvalue weighted by atomic mass is 32.2. The highest BCUT2D eigenvalue weighted by Gasteiger charge is 2.26. The molecule has 1 aliphatic heterocycles. The average molecular weight is 531 g/mol. The van der Waals surface area contributed by atoms with Crippen molar-refractivity contribution >= 4 is 57.2 Å². The number of esters is 1. The first-order valence-electron chi connectivity index (χ1n) is 10.7. The molecule has 0 unspecified atom stereocenters. The number of anilines is 1. The van der Waals surface area contributed by atoms with Gasteiger partial charge in [0.15, 0.2) is 12.0 Å². The maximum Gasteiger partial charge on any atom is 0.341 e. The molecule has 1 aliphatic rings. The summed E-state index contributed by atoms with van der Waals surface area (Å²) in [6.07, 6.45) is 5.34. The normalized spacial score (nSPS) is 15.1. The Morgan fingerprint density at radius 3 is 2.91 bits per heavy atom. The van der Waals surface area contributed by atoms with Gasteiger partial charge in [-0.1, -0.05) is 23.1 Å². The number of nitrogens with zero attached hydrogens (tertiary/aromatic N) is 3. The number of aromatic nitrogens is 2. The Morgan fingerprint density at radius 1 is 1.31 bits per heavy atom. The first kappa shape index (κ1) is 23.6. The first-order chi connectivity index (χ1) is 16.9. The molecular formula is C24H21FN3O4S3+. The van der Waals surface area contributed by atoms with E-state index in [0.29, 0.717) is 28.9 Å². The van der Waals surface area contributed by atoms with Crippen LogP contribution >= 0.6 is 34.4 Å². The summed E-state index contributed by atoms with van der Waals surface area (Å²) in [5.74, 6) is -0.251. The standard InChI is InChI=1S/C24H21FN3O4S3/c1-4-28-20(12-19-27(8-10-33-19)13-17-15(7-9-32-17)24(30)31-3)35-21(22(28)29)23-26(2)16-6-5-14(25)11-18(16)34-23/h5-12H,4,13H2,1-3H3/q+1/b23-21+. The van der Waals surface area contributed by atoms with Crippen LogP contribution in [-0.4, -0.2) is 24.7 Å². The summed E-state index contributed by atoms with van der Waals surface area (Å²) in [5.41, 5.74) is 1.19. The largest absolute Gasteiger partial charge is 0.465 e. The third kappa shape index (κ3) is 4.24. The smallest absolute Gasteiger partial charge is 0.341 e. The zero-order chi connectivity index (χ0) is 24.7. The van der Waals surface area contributed by atoms with Crippen molar-refractivity contribution in [3.63, 3.8) is 0 Å². The molecule has 0 atom stereocenters. The van der Waals surface area contributed by atoms with Crippen LogP contribution in [0.5, 0.6) is 0 Å². The maximum atomic E-state index is 13.8. The fourth-order valence-corrected chi connectivity index (χ4v) is 7.21. The fraction of sp³-hybridized carbons (Fsp3) is 0.208. The zero-order valence-corrected chi connectivity index (χ0v) is 21.6. The number of hydrogen-bond acceptors (Lipinski definition) is 8. The van der Waals surface area contributed by atoms with Gasteiger partial charge in [0, 0.05) is 18.5 Å². The number of thiazole rings is 2. The van der Waals surface area contributed by atoms with E-state index < -0.39 is 5.97 Å². The minimum absolute atomic E-state index is 0.0755. The summed E-state index contributed by atoms with van der Waals surface area (Å²) in [4.78, 5) is 28.1. The second-order valence-corrected chi connectivity index (χ2v) is 10.6. The molecule has 5 rings (SSSR count). The minimum atomic E-state index is -0.450. The summed E-state index contributed by atoms with van der Waals surface area (Å²) < 4.78 is 29.2.